The van der Waals surface area contributed by atoms with Crippen LogP contribution in [0.1, 0.15) is 11.3 Å². The number of carbonyl (C=O) groups is 2. The van der Waals surface area contributed by atoms with Crippen molar-refractivity contribution in [3.8, 4) is 0 Å². The van der Waals surface area contributed by atoms with Gasteiger partial charge in [-0.1, -0.05) is 36.4 Å². The Labute approximate surface area is 121 Å². The third-order valence-electron chi connectivity index (χ3n) is 3.27. The maximum absolute atomic E-state index is 12.2. The van der Waals surface area contributed by atoms with Crippen molar-refractivity contribution >= 4 is 17.6 Å². The normalized spacial score (nSPS) is 18.1. The first-order chi connectivity index (χ1) is 10.2. The zero-order chi connectivity index (χ0) is 14.7. The number of pyridine rings is 1. The molecule has 1 aliphatic heterocycles. The molecule has 1 aliphatic rings. The summed E-state index contributed by atoms with van der Waals surface area (Å²) in [6.07, 6.45) is 1.94. The summed E-state index contributed by atoms with van der Waals surface area (Å²) in [5.41, 5.74) is 1.42. The Balaban J connectivity index is 1.83. The van der Waals surface area contributed by atoms with Crippen LogP contribution in [0.15, 0.2) is 59.7 Å². The lowest BCUT2D eigenvalue weighted by Gasteiger charge is -2.19. The van der Waals surface area contributed by atoms with Gasteiger partial charge < -0.3 is 5.32 Å². The summed E-state index contributed by atoms with van der Waals surface area (Å²) in [5.74, 6) is -1.32. The van der Waals surface area contributed by atoms with E-state index < -0.39 is 11.8 Å². The minimum atomic E-state index is -0.778. The summed E-state index contributed by atoms with van der Waals surface area (Å²) in [6, 6.07) is 14.7. The number of amidine groups is 1. The zero-order valence-electron chi connectivity index (χ0n) is 11.2. The van der Waals surface area contributed by atoms with E-state index in [-0.39, 0.29) is 11.7 Å². The number of aromatic nitrogens is 1. The van der Waals surface area contributed by atoms with Crippen LogP contribution >= 0.6 is 0 Å². The van der Waals surface area contributed by atoms with Gasteiger partial charge in [0.15, 0.2) is 5.84 Å². The van der Waals surface area contributed by atoms with Gasteiger partial charge >= 0.3 is 0 Å². The summed E-state index contributed by atoms with van der Waals surface area (Å²) in [4.78, 5) is 32.3. The van der Waals surface area contributed by atoms with Crippen LogP contribution in [0, 0.1) is 5.92 Å². The number of carbonyl (C=O) groups excluding carboxylic acids is 2. The van der Waals surface area contributed by atoms with Gasteiger partial charge in [-0.2, -0.15) is 4.99 Å². The first-order valence-corrected chi connectivity index (χ1v) is 6.63. The van der Waals surface area contributed by atoms with E-state index in [0.717, 1.165) is 5.56 Å². The molecule has 5 nitrogen and oxygen atoms in total. The van der Waals surface area contributed by atoms with Gasteiger partial charge in [-0.05, 0) is 24.1 Å². The van der Waals surface area contributed by atoms with Crippen molar-refractivity contribution in [2.45, 2.75) is 6.42 Å². The summed E-state index contributed by atoms with van der Waals surface area (Å²) in [5, 5.41) is 2.66. The van der Waals surface area contributed by atoms with Gasteiger partial charge in [0.05, 0.1) is 0 Å². The minimum Gasteiger partial charge on any atom is -0.308 e. The monoisotopic (exact) mass is 279 g/mol. The fourth-order valence-corrected chi connectivity index (χ4v) is 2.19. The largest absolute Gasteiger partial charge is 0.308 e. The van der Waals surface area contributed by atoms with Crippen LogP contribution in [-0.4, -0.2) is 22.6 Å². The average Bonchev–Trinajstić information content (AvgIpc) is 2.52. The Hall–Kier alpha value is -2.82. The number of hydrogen-bond donors (Lipinski definition) is 1. The highest BCUT2D eigenvalue weighted by molar-refractivity contribution is 6.20. The first kappa shape index (κ1) is 13.2. The fourth-order valence-electron chi connectivity index (χ4n) is 2.19. The second-order valence-electron chi connectivity index (χ2n) is 4.75. The lowest BCUT2D eigenvalue weighted by Crippen LogP contribution is -2.45. The highest BCUT2D eigenvalue weighted by Gasteiger charge is 2.32. The number of hydrogen-bond acceptors (Lipinski definition) is 3. The Morgan fingerprint density at radius 2 is 1.76 bits per heavy atom. The molecule has 1 N–H and O–H groups in total. The summed E-state index contributed by atoms with van der Waals surface area (Å²) < 4.78 is 0. The molecule has 0 radical (unpaired) electrons. The Morgan fingerprint density at radius 1 is 1.00 bits per heavy atom. The smallest absolute Gasteiger partial charge is 0.260 e. The van der Waals surface area contributed by atoms with Crippen LogP contribution in [0.5, 0.6) is 0 Å². The van der Waals surface area contributed by atoms with Crippen molar-refractivity contribution in [2.24, 2.45) is 10.9 Å². The predicted octanol–water partition coefficient (Wildman–Crippen LogP) is 1.34. The summed E-state index contributed by atoms with van der Waals surface area (Å²) in [7, 11) is 0. The molecule has 0 spiro atoms. The quantitative estimate of drug-likeness (QED) is 0.862. The summed E-state index contributed by atoms with van der Waals surface area (Å²) >= 11 is 0. The molecule has 104 valence electrons. The van der Waals surface area contributed by atoms with Crippen molar-refractivity contribution < 1.29 is 9.59 Å². The van der Waals surface area contributed by atoms with E-state index in [9.17, 15) is 9.59 Å². The molecule has 2 aromatic rings. The lowest BCUT2D eigenvalue weighted by molar-refractivity contribution is -0.133. The van der Waals surface area contributed by atoms with E-state index in [4.69, 9.17) is 0 Å². The van der Waals surface area contributed by atoms with E-state index >= 15 is 0 Å². The molecule has 1 unspecified atom stereocenters. The van der Waals surface area contributed by atoms with Crippen LogP contribution in [0.25, 0.3) is 0 Å². The molecule has 0 bridgehead atoms. The predicted molar refractivity (Wildman–Crippen MR) is 77.6 cm³/mol. The number of amides is 2. The van der Waals surface area contributed by atoms with Crippen LogP contribution in [0.3, 0.4) is 0 Å². The molecule has 2 heterocycles. The molecule has 5 heteroatoms. The number of rotatable bonds is 3. The van der Waals surface area contributed by atoms with Gasteiger partial charge in [0.2, 0.25) is 5.91 Å². The van der Waals surface area contributed by atoms with E-state index in [0.29, 0.717) is 12.1 Å². The minimum absolute atomic E-state index is 0.218. The number of benzene rings is 1. The molecular weight excluding hydrogens is 266 g/mol. The maximum Gasteiger partial charge on any atom is 0.260 e. The summed E-state index contributed by atoms with van der Waals surface area (Å²) in [6.45, 7) is 0. The molecule has 1 aromatic carbocycles. The molecule has 0 aliphatic carbocycles. The maximum atomic E-state index is 12.2. The van der Waals surface area contributed by atoms with Crippen molar-refractivity contribution in [1.82, 2.24) is 10.3 Å². The fraction of sp³-hybridized carbons (Fsp3) is 0.125. The topological polar surface area (TPSA) is 71.4 Å². The van der Waals surface area contributed by atoms with Crippen molar-refractivity contribution in [3.63, 3.8) is 0 Å². The second-order valence-corrected chi connectivity index (χ2v) is 4.75. The van der Waals surface area contributed by atoms with E-state index in [2.05, 4.69) is 15.3 Å². The van der Waals surface area contributed by atoms with Crippen molar-refractivity contribution in [1.29, 1.82) is 0 Å². The second kappa shape index (κ2) is 5.66. The van der Waals surface area contributed by atoms with Gasteiger partial charge in [-0.25, -0.2) is 0 Å². The number of aliphatic imine (C=N–C) groups is 1. The lowest BCUT2D eigenvalue weighted by atomic mass is 9.96. The molecule has 0 fully saturated rings. The molecule has 21 heavy (non-hydrogen) atoms. The van der Waals surface area contributed by atoms with E-state index in [1.165, 1.54) is 0 Å². The highest BCUT2D eigenvalue weighted by Crippen LogP contribution is 2.14. The first-order valence-electron chi connectivity index (χ1n) is 6.63. The number of nitrogens with zero attached hydrogens (tertiary/aromatic N) is 2. The van der Waals surface area contributed by atoms with Crippen LogP contribution in [0.4, 0.5) is 0 Å². The molecule has 1 aromatic heterocycles. The van der Waals surface area contributed by atoms with Gasteiger partial charge in [0, 0.05) is 6.20 Å². The van der Waals surface area contributed by atoms with Crippen LogP contribution in [0.2, 0.25) is 0 Å². The Bertz CT molecular complexity index is 696. The molecule has 1 atom stereocenters. The molecular formula is C16H13N3O2. The van der Waals surface area contributed by atoms with Gasteiger partial charge in [-0.3, -0.25) is 14.6 Å². The number of nitrogens with one attached hydrogen (secondary N) is 1. The third-order valence-corrected chi connectivity index (χ3v) is 3.27. The zero-order valence-corrected chi connectivity index (χ0v) is 11.2. The van der Waals surface area contributed by atoms with E-state index in [1.54, 1.807) is 24.4 Å². The van der Waals surface area contributed by atoms with Crippen LogP contribution < -0.4 is 5.32 Å². The molecule has 3 rings (SSSR count). The molecule has 2 amide bonds. The van der Waals surface area contributed by atoms with Crippen molar-refractivity contribution in [3.05, 3.63) is 66.0 Å². The highest BCUT2D eigenvalue weighted by atomic mass is 16.2. The standard InChI is InChI=1S/C16H13N3O2/c20-15-12(10-11-6-2-1-3-7-11)16(21)19-14(18-15)13-8-4-5-9-17-13/h1-9,12H,10H2,(H,18,19,20,21). The Kier molecular flexibility index (Phi) is 3.55. The van der Waals surface area contributed by atoms with E-state index in [1.807, 2.05) is 30.3 Å². The van der Waals surface area contributed by atoms with Gasteiger partial charge in [-0.15, -0.1) is 0 Å². The molecule has 0 saturated heterocycles. The van der Waals surface area contributed by atoms with Crippen molar-refractivity contribution in [2.75, 3.05) is 0 Å². The Morgan fingerprint density at radius 3 is 2.43 bits per heavy atom. The SMILES string of the molecule is O=C1N=C(c2ccccn2)NC(=O)C1Cc1ccccc1. The molecule has 0 saturated carbocycles. The van der Waals surface area contributed by atoms with Crippen LogP contribution in [-0.2, 0) is 16.0 Å². The average molecular weight is 279 g/mol. The van der Waals surface area contributed by atoms with Gasteiger partial charge in [0.1, 0.15) is 11.6 Å². The third kappa shape index (κ3) is 2.86. The van der Waals surface area contributed by atoms with Gasteiger partial charge in [0.25, 0.3) is 5.91 Å².